The van der Waals surface area contributed by atoms with E-state index in [1.807, 2.05) is 24.3 Å². The Morgan fingerprint density at radius 2 is 2.19 bits per heavy atom. The van der Waals surface area contributed by atoms with Gasteiger partial charge in [0.2, 0.25) is 0 Å². The van der Waals surface area contributed by atoms with Gasteiger partial charge < -0.3 is 25.1 Å². The van der Waals surface area contributed by atoms with Crippen LogP contribution in [0.3, 0.4) is 0 Å². The van der Waals surface area contributed by atoms with Gasteiger partial charge in [-0.2, -0.15) is 0 Å². The zero-order valence-electron chi connectivity index (χ0n) is 21.2. The first-order chi connectivity index (χ1) is 18.0. The normalized spacial score (nSPS) is 20.4. The Morgan fingerprint density at radius 1 is 1.32 bits per heavy atom. The summed E-state index contributed by atoms with van der Waals surface area (Å²) in [6.07, 6.45) is 6.36. The van der Waals surface area contributed by atoms with Crippen molar-refractivity contribution in [1.29, 1.82) is 0 Å². The van der Waals surface area contributed by atoms with Crippen molar-refractivity contribution in [2.75, 3.05) is 45.3 Å². The summed E-state index contributed by atoms with van der Waals surface area (Å²) in [5, 5.41) is 7.42. The van der Waals surface area contributed by atoms with E-state index in [1.165, 1.54) is 0 Å². The molecule has 3 aliphatic rings. The number of nitrogens with zero attached hydrogens (tertiary/aromatic N) is 2. The van der Waals surface area contributed by atoms with E-state index in [0.717, 1.165) is 66.3 Å². The highest BCUT2D eigenvalue weighted by Gasteiger charge is 2.51. The Bertz CT molecular complexity index is 1340. The van der Waals surface area contributed by atoms with Crippen LogP contribution in [0.1, 0.15) is 41.4 Å². The summed E-state index contributed by atoms with van der Waals surface area (Å²) in [5.41, 5.74) is 5.95. The minimum absolute atomic E-state index is 0.0317. The van der Waals surface area contributed by atoms with E-state index in [9.17, 15) is 4.79 Å². The maximum Gasteiger partial charge on any atom is 0.255 e. The number of benzene rings is 1. The monoisotopic (exact) mass is 521 g/mol. The summed E-state index contributed by atoms with van der Waals surface area (Å²) in [4.78, 5) is 23.5. The van der Waals surface area contributed by atoms with Crippen molar-refractivity contribution in [3.63, 3.8) is 0 Å². The Morgan fingerprint density at radius 3 is 2.97 bits per heavy atom. The number of hydrogen-bond acceptors (Lipinski definition) is 6. The minimum Gasteiger partial charge on any atom is -0.490 e. The Kier molecular flexibility index (Phi) is 6.34. The van der Waals surface area contributed by atoms with E-state index in [4.69, 9.17) is 21.1 Å². The lowest BCUT2D eigenvalue weighted by Gasteiger charge is -2.32. The standard InChI is InChI=1S/C28H32ClN5O3/c1-3-18-20(29)5-4-6-21(18)32-25-23-26(28(8-9-28)16-31-27(23)35)33-24(25)19-7-10-30-13-22(19)37-15-17-14-36-12-11-34(17)2/h4-7,10,13,17,32-33H,3,8-9,11-12,14-16H2,1-2H3,(H,31,35)/t17-/m1/s1. The predicted octanol–water partition coefficient (Wildman–Crippen LogP) is 4.52. The molecule has 1 saturated heterocycles. The van der Waals surface area contributed by atoms with Crippen LogP contribution in [0.2, 0.25) is 5.02 Å². The highest BCUT2D eigenvalue weighted by atomic mass is 35.5. The van der Waals surface area contributed by atoms with Crippen LogP contribution in [0.25, 0.3) is 11.3 Å². The number of morpholine rings is 1. The van der Waals surface area contributed by atoms with Crippen LogP contribution in [-0.4, -0.2) is 66.8 Å². The molecule has 9 heteroatoms. The van der Waals surface area contributed by atoms with Crippen LogP contribution in [0.4, 0.5) is 11.4 Å². The molecule has 194 valence electrons. The summed E-state index contributed by atoms with van der Waals surface area (Å²) in [7, 11) is 2.09. The fraction of sp³-hybridized carbons (Fsp3) is 0.429. The highest BCUT2D eigenvalue weighted by Crippen LogP contribution is 2.54. The number of H-pyrrole nitrogens is 1. The number of halogens is 1. The zero-order valence-corrected chi connectivity index (χ0v) is 22.0. The van der Waals surface area contributed by atoms with E-state index >= 15 is 0 Å². The molecule has 1 aromatic carbocycles. The molecule has 3 N–H and O–H groups in total. The first-order valence-corrected chi connectivity index (χ1v) is 13.3. The van der Waals surface area contributed by atoms with Gasteiger partial charge in [-0.1, -0.05) is 24.6 Å². The van der Waals surface area contributed by atoms with Crippen LogP contribution < -0.4 is 15.4 Å². The predicted molar refractivity (Wildman–Crippen MR) is 144 cm³/mol. The van der Waals surface area contributed by atoms with Crippen molar-refractivity contribution >= 4 is 28.9 Å². The Labute approximate surface area is 221 Å². The second-order valence-corrected chi connectivity index (χ2v) is 10.6. The third kappa shape index (κ3) is 4.37. The van der Waals surface area contributed by atoms with Gasteiger partial charge in [0, 0.05) is 46.7 Å². The lowest BCUT2D eigenvalue weighted by atomic mass is 9.93. The van der Waals surface area contributed by atoms with Crippen molar-refractivity contribution in [3.8, 4) is 17.0 Å². The topological polar surface area (TPSA) is 91.5 Å². The van der Waals surface area contributed by atoms with Crippen LogP contribution in [0, 0.1) is 0 Å². The zero-order chi connectivity index (χ0) is 25.6. The van der Waals surface area contributed by atoms with Gasteiger partial charge in [-0.3, -0.25) is 14.7 Å². The molecule has 1 saturated carbocycles. The number of aromatic nitrogens is 2. The number of carbonyl (C=O) groups is 1. The summed E-state index contributed by atoms with van der Waals surface area (Å²) >= 11 is 6.54. The summed E-state index contributed by atoms with van der Waals surface area (Å²) in [5.74, 6) is 0.588. The number of ether oxygens (including phenoxy) is 2. The molecule has 37 heavy (non-hydrogen) atoms. The van der Waals surface area contributed by atoms with Crippen LogP contribution in [0.5, 0.6) is 5.75 Å². The van der Waals surface area contributed by atoms with Gasteiger partial charge in [-0.15, -0.1) is 0 Å². The average Bonchev–Trinajstić information content (AvgIpc) is 3.59. The third-order valence-corrected chi connectivity index (χ3v) is 8.29. The number of nitrogens with one attached hydrogen (secondary N) is 3. The molecule has 1 amide bonds. The molecular formula is C28H32ClN5O3. The van der Waals surface area contributed by atoms with E-state index in [0.29, 0.717) is 36.1 Å². The molecular weight excluding hydrogens is 490 g/mol. The highest BCUT2D eigenvalue weighted by molar-refractivity contribution is 6.31. The number of likely N-dealkylation sites (N-methyl/N-ethyl adjacent to an activating group) is 1. The molecule has 8 nitrogen and oxygen atoms in total. The summed E-state index contributed by atoms with van der Waals surface area (Å²) in [6.45, 7) is 5.46. The molecule has 2 aliphatic heterocycles. The second kappa shape index (κ2) is 9.67. The van der Waals surface area contributed by atoms with Crippen molar-refractivity contribution in [2.45, 2.75) is 37.6 Å². The number of aromatic amines is 1. The van der Waals surface area contributed by atoms with Crippen molar-refractivity contribution in [1.82, 2.24) is 20.2 Å². The van der Waals surface area contributed by atoms with Crippen molar-refractivity contribution in [2.24, 2.45) is 0 Å². The van der Waals surface area contributed by atoms with Gasteiger partial charge in [0.05, 0.1) is 42.4 Å². The first-order valence-electron chi connectivity index (χ1n) is 12.9. The molecule has 6 rings (SSSR count). The Hall–Kier alpha value is -3.07. The number of hydrogen-bond donors (Lipinski definition) is 3. The smallest absolute Gasteiger partial charge is 0.255 e. The number of pyridine rings is 1. The van der Waals surface area contributed by atoms with Gasteiger partial charge in [0.1, 0.15) is 12.4 Å². The lowest BCUT2D eigenvalue weighted by molar-refractivity contribution is -0.0107. The van der Waals surface area contributed by atoms with Gasteiger partial charge >= 0.3 is 0 Å². The second-order valence-electron chi connectivity index (χ2n) is 10.2. The number of anilines is 2. The molecule has 0 radical (unpaired) electrons. The molecule has 1 atom stereocenters. The molecule has 4 heterocycles. The van der Waals surface area contributed by atoms with E-state index in [1.54, 1.807) is 12.4 Å². The molecule has 1 aliphatic carbocycles. The maximum absolute atomic E-state index is 13.3. The largest absolute Gasteiger partial charge is 0.490 e. The Balaban J connectivity index is 1.44. The first kappa shape index (κ1) is 24.3. The molecule has 2 fully saturated rings. The molecule has 3 aromatic rings. The average molecular weight is 522 g/mol. The van der Waals surface area contributed by atoms with Crippen LogP contribution >= 0.6 is 11.6 Å². The number of carbonyl (C=O) groups excluding carboxylic acids is 1. The fourth-order valence-electron chi connectivity index (χ4n) is 5.43. The van der Waals surface area contributed by atoms with Crippen LogP contribution in [-0.2, 0) is 16.6 Å². The van der Waals surface area contributed by atoms with Crippen molar-refractivity contribution < 1.29 is 14.3 Å². The van der Waals surface area contributed by atoms with Crippen molar-refractivity contribution in [3.05, 3.63) is 58.5 Å². The minimum atomic E-state index is -0.0740. The third-order valence-electron chi connectivity index (χ3n) is 7.94. The van der Waals surface area contributed by atoms with Gasteiger partial charge in [0.15, 0.2) is 0 Å². The van der Waals surface area contributed by atoms with E-state index < -0.39 is 0 Å². The summed E-state index contributed by atoms with van der Waals surface area (Å²) in [6, 6.07) is 7.93. The van der Waals surface area contributed by atoms with Gasteiger partial charge in [-0.25, -0.2) is 0 Å². The molecule has 0 bridgehead atoms. The van der Waals surface area contributed by atoms with Gasteiger partial charge in [0.25, 0.3) is 5.91 Å². The summed E-state index contributed by atoms with van der Waals surface area (Å²) < 4.78 is 12.0. The van der Waals surface area contributed by atoms with E-state index in [2.05, 4.69) is 39.5 Å². The fourth-order valence-corrected chi connectivity index (χ4v) is 5.73. The van der Waals surface area contributed by atoms with Gasteiger partial charge in [-0.05, 0) is 50.1 Å². The number of fused-ring (bicyclic) bond motifs is 2. The molecule has 2 aromatic heterocycles. The lowest BCUT2D eigenvalue weighted by Crippen LogP contribution is -2.46. The SMILES string of the molecule is CCc1c(Cl)cccc1Nc1c(-c2ccncc2OC[C@H]2COCCN2C)[nH]c2c1C(=O)NCC21CC1. The quantitative estimate of drug-likeness (QED) is 0.423. The van der Waals surface area contributed by atoms with Crippen LogP contribution in [0.15, 0.2) is 36.7 Å². The molecule has 1 spiro atoms. The molecule has 0 unspecified atom stereocenters. The number of rotatable bonds is 7. The maximum atomic E-state index is 13.3. The van der Waals surface area contributed by atoms with E-state index in [-0.39, 0.29) is 17.4 Å². The number of amides is 1.